The van der Waals surface area contributed by atoms with Crippen molar-refractivity contribution in [1.29, 1.82) is 0 Å². The first-order chi connectivity index (χ1) is 7.88. The molecule has 0 unspecified atom stereocenters. The molecule has 8 heteroatoms. The number of carbonyl (C=O) groups is 1. The van der Waals surface area contributed by atoms with Crippen molar-refractivity contribution in [2.45, 2.75) is 0 Å². The summed E-state index contributed by atoms with van der Waals surface area (Å²) in [5, 5.41) is 30.0. The van der Waals surface area contributed by atoms with Gasteiger partial charge in [0, 0.05) is 6.07 Å². The molecule has 0 saturated carbocycles. The van der Waals surface area contributed by atoms with Gasteiger partial charge in [-0.2, -0.15) is 0 Å². The van der Waals surface area contributed by atoms with Gasteiger partial charge in [-0.05, 0) is 0 Å². The minimum atomic E-state index is -1.49. The zero-order valence-electron chi connectivity index (χ0n) is 8.32. The molecule has 0 amide bonds. The Labute approximate surface area is 94.1 Å². The maximum absolute atomic E-state index is 10.8. The summed E-state index contributed by atoms with van der Waals surface area (Å²) in [4.78, 5) is 30.2. The van der Waals surface area contributed by atoms with Gasteiger partial charge in [0.1, 0.15) is 0 Å². The van der Waals surface area contributed by atoms with Crippen molar-refractivity contribution in [3.05, 3.63) is 50.1 Å². The van der Waals surface area contributed by atoms with Crippen LogP contribution in [0.15, 0.2) is 18.7 Å². The topological polar surface area (TPSA) is 124 Å². The summed E-state index contributed by atoms with van der Waals surface area (Å²) >= 11 is 0. The van der Waals surface area contributed by atoms with E-state index < -0.39 is 32.8 Å². The fourth-order valence-electron chi connectivity index (χ4n) is 1.27. The Kier molecular flexibility index (Phi) is 3.18. The van der Waals surface area contributed by atoms with Crippen molar-refractivity contribution in [2.24, 2.45) is 0 Å². The van der Waals surface area contributed by atoms with Crippen LogP contribution in [0.25, 0.3) is 6.08 Å². The first-order valence-corrected chi connectivity index (χ1v) is 4.21. The van der Waals surface area contributed by atoms with Crippen molar-refractivity contribution >= 4 is 23.4 Å². The molecule has 0 bridgehead atoms. The van der Waals surface area contributed by atoms with E-state index in [1.807, 2.05) is 0 Å². The molecular weight excluding hydrogens is 232 g/mol. The largest absolute Gasteiger partial charge is 0.478 e. The molecule has 1 aromatic carbocycles. The molecular formula is C9H6N2O6. The van der Waals surface area contributed by atoms with Gasteiger partial charge in [0.05, 0.1) is 27.0 Å². The van der Waals surface area contributed by atoms with Crippen LogP contribution in [0.3, 0.4) is 0 Å². The standard InChI is InChI=1S/C9H6N2O6/c1-2-6-7(9(12)13)3-5(10(14)15)4-8(6)11(16)17/h2-4H,1H2,(H,12,13). The SMILES string of the molecule is C=Cc1c(C(=O)O)cc([N+](=O)[O-])cc1[N+](=O)[O-]. The number of hydrogen-bond donors (Lipinski definition) is 1. The van der Waals surface area contributed by atoms with E-state index in [1.165, 1.54) is 0 Å². The maximum atomic E-state index is 10.8. The number of nitrogens with zero attached hydrogens (tertiary/aromatic N) is 2. The summed E-state index contributed by atoms with van der Waals surface area (Å²) in [6.07, 6.45) is 0.977. The van der Waals surface area contributed by atoms with Crippen molar-refractivity contribution in [3.63, 3.8) is 0 Å². The second kappa shape index (κ2) is 4.39. The molecule has 8 nitrogen and oxygen atoms in total. The van der Waals surface area contributed by atoms with Crippen molar-refractivity contribution < 1.29 is 19.7 Å². The second-order valence-corrected chi connectivity index (χ2v) is 2.95. The Bertz CT molecular complexity index is 501. The number of carboxylic acids is 1. The highest BCUT2D eigenvalue weighted by molar-refractivity contribution is 5.95. The van der Waals surface area contributed by atoms with Crippen LogP contribution in [0.2, 0.25) is 0 Å². The van der Waals surface area contributed by atoms with E-state index in [4.69, 9.17) is 5.11 Å². The van der Waals surface area contributed by atoms with Crippen LogP contribution in [0.4, 0.5) is 11.4 Å². The quantitative estimate of drug-likeness (QED) is 0.630. The van der Waals surface area contributed by atoms with Gasteiger partial charge >= 0.3 is 5.97 Å². The second-order valence-electron chi connectivity index (χ2n) is 2.95. The molecule has 1 aromatic rings. The number of nitro benzene ring substituents is 2. The predicted octanol–water partition coefficient (Wildman–Crippen LogP) is 1.84. The normalized spacial score (nSPS) is 9.65. The summed E-state index contributed by atoms with van der Waals surface area (Å²) in [7, 11) is 0. The van der Waals surface area contributed by atoms with E-state index >= 15 is 0 Å². The van der Waals surface area contributed by atoms with E-state index in [0.29, 0.717) is 6.07 Å². The minimum absolute atomic E-state index is 0.256. The highest BCUT2D eigenvalue weighted by atomic mass is 16.6. The smallest absolute Gasteiger partial charge is 0.336 e. The third kappa shape index (κ3) is 2.25. The molecule has 0 saturated heterocycles. The van der Waals surface area contributed by atoms with Crippen molar-refractivity contribution in [2.75, 3.05) is 0 Å². The Morgan fingerprint density at radius 3 is 2.24 bits per heavy atom. The maximum Gasteiger partial charge on any atom is 0.336 e. The monoisotopic (exact) mass is 238 g/mol. The molecule has 17 heavy (non-hydrogen) atoms. The van der Waals surface area contributed by atoms with Gasteiger partial charge in [-0.15, -0.1) is 0 Å². The zero-order chi connectivity index (χ0) is 13.2. The third-order valence-corrected chi connectivity index (χ3v) is 1.98. The van der Waals surface area contributed by atoms with Gasteiger partial charge in [0.25, 0.3) is 11.4 Å². The summed E-state index contributed by atoms with van der Waals surface area (Å²) < 4.78 is 0. The van der Waals surface area contributed by atoms with Crippen LogP contribution in [-0.4, -0.2) is 20.9 Å². The van der Waals surface area contributed by atoms with E-state index in [0.717, 1.165) is 12.1 Å². The average molecular weight is 238 g/mol. The van der Waals surface area contributed by atoms with E-state index in [9.17, 15) is 25.0 Å². The number of aromatic carboxylic acids is 1. The lowest BCUT2D eigenvalue weighted by Gasteiger charge is -2.02. The number of non-ortho nitro benzene ring substituents is 1. The molecule has 0 aromatic heterocycles. The van der Waals surface area contributed by atoms with Gasteiger partial charge in [-0.25, -0.2) is 4.79 Å². The van der Waals surface area contributed by atoms with Crippen LogP contribution >= 0.6 is 0 Å². The summed E-state index contributed by atoms with van der Waals surface area (Å²) in [5.74, 6) is -1.49. The predicted molar refractivity (Wildman–Crippen MR) is 56.8 cm³/mol. The van der Waals surface area contributed by atoms with Gasteiger partial charge in [0.15, 0.2) is 0 Å². The Morgan fingerprint density at radius 1 is 1.29 bits per heavy atom. The first-order valence-electron chi connectivity index (χ1n) is 4.21. The molecule has 0 heterocycles. The molecule has 0 radical (unpaired) electrons. The zero-order valence-corrected chi connectivity index (χ0v) is 8.32. The van der Waals surface area contributed by atoms with E-state index in [-0.39, 0.29) is 5.56 Å². The first kappa shape index (κ1) is 12.3. The van der Waals surface area contributed by atoms with Gasteiger partial charge < -0.3 is 5.11 Å². The lowest BCUT2D eigenvalue weighted by molar-refractivity contribution is -0.394. The third-order valence-electron chi connectivity index (χ3n) is 1.98. The van der Waals surface area contributed by atoms with Crippen LogP contribution in [0, 0.1) is 20.2 Å². The number of benzene rings is 1. The molecule has 0 spiro atoms. The molecule has 0 aliphatic carbocycles. The molecule has 1 N–H and O–H groups in total. The lowest BCUT2D eigenvalue weighted by atomic mass is 10.0. The number of hydrogen-bond acceptors (Lipinski definition) is 5. The Morgan fingerprint density at radius 2 is 1.88 bits per heavy atom. The van der Waals surface area contributed by atoms with Crippen LogP contribution in [-0.2, 0) is 0 Å². The van der Waals surface area contributed by atoms with E-state index in [2.05, 4.69) is 6.58 Å². The fraction of sp³-hybridized carbons (Fsp3) is 0. The van der Waals surface area contributed by atoms with Gasteiger partial charge in [0.2, 0.25) is 0 Å². The summed E-state index contributed by atoms with van der Waals surface area (Å²) in [6.45, 7) is 3.25. The Hall–Kier alpha value is -2.77. The summed E-state index contributed by atoms with van der Waals surface area (Å²) in [5.41, 5.74) is -2.10. The van der Waals surface area contributed by atoms with E-state index in [1.54, 1.807) is 0 Å². The average Bonchev–Trinajstić information content (AvgIpc) is 2.26. The fourth-order valence-corrected chi connectivity index (χ4v) is 1.27. The minimum Gasteiger partial charge on any atom is -0.478 e. The van der Waals surface area contributed by atoms with Gasteiger partial charge in [-0.3, -0.25) is 20.2 Å². The highest BCUT2D eigenvalue weighted by Crippen LogP contribution is 2.29. The molecule has 0 aliphatic heterocycles. The van der Waals surface area contributed by atoms with Gasteiger partial charge in [-0.1, -0.05) is 12.7 Å². The molecule has 0 atom stereocenters. The molecule has 0 fully saturated rings. The number of nitro groups is 2. The highest BCUT2D eigenvalue weighted by Gasteiger charge is 2.25. The Balaban J connectivity index is 3.68. The van der Waals surface area contributed by atoms with Crippen molar-refractivity contribution in [1.82, 2.24) is 0 Å². The molecule has 0 aliphatic rings. The number of carboxylic acid groups (broad SMARTS) is 1. The molecule has 1 rings (SSSR count). The van der Waals surface area contributed by atoms with Crippen LogP contribution in [0.5, 0.6) is 0 Å². The molecule has 88 valence electrons. The number of rotatable bonds is 4. The van der Waals surface area contributed by atoms with Crippen molar-refractivity contribution in [3.8, 4) is 0 Å². The van der Waals surface area contributed by atoms with Crippen LogP contribution < -0.4 is 0 Å². The van der Waals surface area contributed by atoms with Crippen LogP contribution in [0.1, 0.15) is 15.9 Å². The lowest BCUT2D eigenvalue weighted by Crippen LogP contribution is -2.04. The summed E-state index contributed by atoms with van der Waals surface area (Å²) in [6, 6.07) is 1.45.